The summed E-state index contributed by atoms with van der Waals surface area (Å²) in [6, 6.07) is 3.34. The summed E-state index contributed by atoms with van der Waals surface area (Å²) in [6.07, 6.45) is 0. The molecule has 0 saturated heterocycles. The lowest BCUT2D eigenvalue weighted by molar-refractivity contribution is 1.41. The van der Waals surface area contributed by atoms with Crippen molar-refractivity contribution in [3.8, 4) is 0 Å². The lowest BCUT2D eigenvalue weighted by Crippen LogP contribution is -2.00. The zero-order chi connectivity index (χ0) is 9.30. The Labute approximate surface area is 87.1 Å². The van der Waals surface area contributed by atoms with Gasteiger partial charge in [-0.3, -0.25) is 0 Å². The molecule has 5 heteroatoms. The maximum absolute atomic E-state index is 5.78. The first-order valence-corrected chi connectivity index (χ1v) is 4.64. The van der Waals surface area contributed by atoms with E-state index in [1.54, 1.807) is 12.1 Å². The van der Waals surface area contributed by atoms with Crippen molar-refractivity contribution in [1.29, 1.82) is 0 Å². The quantitative estimate of drug-likeness (QED) is 0.334. The SMILES string of the molecule is Nc1ccc(Cl)c(N)c1C(S)S. The fraction of sp³-hybridized carbons (Fsp3) is 0.143. The fourth-order valence-electron chi connectivity index (χ4n) is 0.915. The molecule has 1 aromatic carbocycles. The van der Waals surface area contributed by atoms with Gasteiger partial charge in [-0.05, 0) is 12.1 Å². The van der Waals surface area contributed by atoms with Crippen LogP contribution >= 0.6 is 36.9 Å². The molecule has 0 spiro atoms. The standard InChI is InChI=1S/C7H9ClN2S2/c8-3-1-2-4(9)5(6(3)10)7(11)12/h1-2,7,11-12H,9-10H2. The Hall–Kier alpha value is -0.190. The van der Waals surface area contributed by atoms with Crippen molar-refractivity contribution in [1.82, 2.24) is 0 Å². The molecule has 0 fully saturated rings. The number of nitrogen functional groups attached to an aromatic ring is 2. The number of anilines is 2. The van der Waals surface area contributed by atoms with Crippen molar-refractivity contribution in [3.05, 3.63) is 22.7 Å². The molecular formula is C7H9ClN2S2. The average molecular weight is 221 g/mol. The van der Waals surface area contributed by atoms with Crippen LogP contribution in [0.2, 0.25) is 5.02 Å². The monoisotopic (exact) mass is 220 g/mol. The third-order valence-corrected chi connectivity index (χ3v) is 2.37. The summed E-state index contributed by atoms with van der Waals surface area (Å²) in [7, 11) is 0. The molecule has 0 saturated carbocycles. The van der Waals surface area contributed by atoms with Gasteiger partial charge in [0.25, 0.3) is 0 Å². The third kappa shape index (κ3) is 1.76. The van der Waals surface area contributed by atoms with E-state index in [2.05, 4.69) is 25.3 Å². The van der Waals surface area contributed by atoms with E-state index in [-0.39, 0.29) is 4.58 Å². The van der Waals surface area contributed by atoms with Gasteiger partial charge in [0, 0.05) is 11.3 Å². The molecule has 0 atom stereocenters. The third-order valence-electron chi connectivity index (χ3n) is 1.53. The van der Waals surface area contributed by atoms with Gasteiger partial charge in [-0.2, -0.15) is 25.3 Å². The molecule has 0 radical (unpaired) electrons. The van der Waals surface area contributed by atoms with Gasteiger partial charge in [-0.25, -0.2) is 0 Å². The molecule has 0 unspecified atom stereocenters. The topological polar surface area (TPSA) is 52.0 Å². The van der Waals surface area contributed by atoms with E-state index >= 15 is 0 Å². The van der Waals surface area contributed by atoms with Crippen LogP contribution in [0.5, 0.6) is 0 Å². The largest absolute Gasteiger partial charge is 0.398 e. The average Bonchev–Trinajstić information content (AvgIpc) is 1.97. The number of hydrogen-bond donors (Lipinski definition) is 4. The Balaban J connectivity index is 3.33. The van der Waals surface area contributed by atoms with Gasteiger partial charge in [0.15, 0.2) is 0 Å². The lowest BCUT2D eigenvalue weighted by Gasteiger charge is -2.12. The maximum Gasteiger partial charge on any atom is 0.0732 e. The number of hydrogen-bond acceptors (Lipinski definition) is 4. The Bertz CT molecular complexity index is 302. The number of benzene rings is 1. The van der Waals surface area contributed by atoms with Crippen LogP contribution in [-0.2, 0) is 0 Å². The molecule has 0 bridgehead atoms. The highest BCUT2D eigenvalue weighted by atomic mass is 35.5. The molecule has 66 valence electrons. The molecule has 0 aromatic heterocycles. The van der Waals surface area contributed by atoms with Crippen molar-refractivity contribution in [2.24, 2.45) is 0 Å². The Kier molecular flexibility index (Phi) is 3.04. The Morgan fingerprint density at radius 1 is 1.25 bits per heavy atom. The van der Waals surface area contributed by atoms with Crippen molar-refractivity contribution in [3.63, 3.8) is 0 Å². The molecule has 2 nitrogen and oxygen atoms in total. The van der Waals surface area contributed by atoms with E-state index < -0.39 is 0 Å². The van der Waals surface area contributed by atoms with Gasteiger partial charge < -0.3 is 11.5 Å². The van der Waals surface area contributed by atoms with E-state index in [1.165, 1.54) is 0 Å². The van der Waals surface area contributed by atoms with Gasteiger partial charge in [0.2, 0.25) is 0 Å². The minimum Gasteiger partial charge on any atom is -0.398 e. The highest BCUT2D eigenvalue weighted by molar-refractivity contribution is 7.98. The zero-order valence-electron chi connectivity index (χ0n) is 6.16. The van der Waals surface area contributed by atoms with E-state index in [9.17, 15) is 0 Å². The summed E-state index contributed by atoms with van der Waals surface area (Å²) in [5.41, 5.74) is 13.0. The van der Waals surface area contributed by atoms with Crippen molar-refractivity contribution >= 4 is 48.2 Å². The summed E-state index contributed by atoms with van der Waals surface area (Å²) in [4.78, 5) is 0. The summed E-state index contributed by atoms with van der Waals surface area (Å²) in [6.45, 7) is 0. The summed E-state index contributed by atoms with van der Waals surface area (Å²) in [5.74, 6) is 0. The summed E-state index contributed by atoms with van der Waals surface area (Å²) < 4.78 is -0.302. The number of rotatable bonds is 1. The Morgan fingerprint density at radius 2 is 1.83 bits per heavy atom. The smallest absolute Gasteiger partial charge is 0.0732 e. The van der Waals surface area contributed by atoms with Crippen LogP contribution in [-0.4, -0.2) is 0 Å². The second-order valence-corrected chi connectivity index (χ2v) is 4.18. The van der Waals surface area contributed by atoms with Crippen LogP contribution in [0.15, 0.2) is 12.1 Å². The van der Waals surface area contributed by atoms with Crippen LogP contribution in [0.3, 0.4) is 0 Å². The molecule has 0 amide bonds. The molecule has 0 aliphatic heterocycles. The van der Waals surface area contributed by atoms with Crippen LogP contribution < -0.4 is 11.5 Å². The van der Waals surface area contributed by atoms with E-state index in [0.717, 1.165) is 0 Å². The highest BCUT2D eigenvalue weighted by Gasteiger charge is 2.11. The fourth-order valence-corrected chi connectivity index (χ4v) is 1.66. The van der Waals surface area contributed by atoms with Gasteiger partial charge in [0.05, 0.1) is 15.3 Å². The van der Waals surface area contributed by atoms with Crippen LogP contribution in [0.25, 0.3) is 0 Å². The van der Waals surface area contributed by atoms with Crippen molar-refractivity contribution in [2.75, 3.05) is 11.5 Å². The predicted molar refractivity (Wildman–Crippen MR) is 61.0 cm³/mol. The van der Waals surface area contributed by atoms with Crippen LogP contribution in [0.1, 0.15) is 10.1 Å². The second kappa shape index (κ2) is 3.68. The molecule has 1 aromatic rings. The predicted octanol–water partition coefficient (Wildman–Crippen LogP) is 2.36. The maximum atomic E-state index is 5.78. The lowest BCUT2D eigenvalue weighted by atomic mass is 10.1. The minimum absolute atomic E-state index is 0.302. The first-order valence-electron chi connectivity index (χ1n) is 3.23. The molecule has 0 heterocycles. The van der Waals surface area contributed by atoms with Gasteiger partial charge in [0.1, 0.15) is 0 Å². The molecule has 1 rings (SSSR count). The van der Waals surface area contributed by atoms with Gasteiger partial charge >= 0.3 is 0 Å². The normalized spacial score (nSPS) is 10.7. The molecule has 4 N–H and O–H groups in total. The van der Waals surface area contributed by atoms with E-state index in [0.29, 0.717) is 22.0 Å². The summed E-state index contributed by atoms with van der Waals surface area (Å²) in [5, 5.41) is 0.479. The second-order valence-electron chi connectivity index (χ2n) is 2.34. The van der Waals surface area contributed by atoms with Gasteiger partial charge in [-0.15, -0.1) is 0 Å². The van der Waals surface area contributed by atoms with Crippen LogP contribution in [0.4, 0.5) is 11.4 Å². The molecule has 0 aliphatic carbocycles. The van der Waals surface area contributed by atoms with E-state index in [4.69, 9.17) is 23.1 Å². The first-order chi connectivity index (χ1) is 5.54. The molecule has 12 heavy (non-hydrogen) atoms. The highest BCUT2D eigenvalue weighted by Crippen LogP contribution is 2.37. The number of halogens is 1. The van der Waals surface area contributed by atoms with Gasteiger partial charge in [-0.1, -0.05) is 11.6 Å². The van der Waals surface area contributed by atoms with Crippen molar-refractivity contribution in [2.45, 2.75) is 4.58 Å². The van der Waals surface area contributed by atoms with E-state index in [1.807, 2.05) is 0 Å². The van der Waals surface area contributed by atoms with Crippen LogP contribution in [0, 0.1) is 0 Å². The summed E-state index contributed by atoms with van der Waals surface area (Å²) >= 11 is 14.0. The zero-order valence-corrected chi connectivity index (χ0v) is 8.70. The molecule has 0 aliphatic rings. The first kappa shape index (κ1) is 9.89. The number of nitrogens with two attached hydrogens (primary N) is 2. The molecular weight excluding hydrogens is 212 g/mol. The Morgan fingerprint density at radius 3 is 2.25 bits per heavy atom. The number of thiol groups is 2. The van der Waals surface area contributed by atoms with Crippen molar-refractivity contribution < 1.29 is 0 Å². The minimum atomic E-state index is -0.302.